The SMILES string of the molecule is Cc1cccc(-n2nnnc2SCCC(=O)Nc2c(C#N)c(C)c(C)n2Cc2ccco2)c1C. The van der Waals surface area contributed by atoms with Crippen LogP contribution in [0.4, 0.5) is 5.82 Å². The van der Waals surface area contributed by atoms with Crippen molar-refractivity contribution >= 4 is 23.5 Å². The van der Waals surface area contributed by atoms with Crippen LogP contribution in [0.3, 0.4) is 0 Å². The molecule has 1 N–H and O–H groups in total. The first-order valence-electron chi connectivity index (χ1n) is 10.8. The summed E-state index contributed by atoms with van der Waals surface area (Å²) in [5.41, 5.74) is 5.37. The summed E-state index contributed by atoms with van der Waals surface area (Å²) in [6.45, 7) is 8.31. The summed E-state index contributed by atoms with van der Waals surface area (Å²) < 4.78 is 9.06. The first-order valence-corrected chi connectivity index (χ1v) is 11.8. The fourth-order valence-electron chi connectivity index (χ4n) is 3.70. The lowest BCUT2D eigenvalue weighted by atomic mass is 10.1. The minimum atomic E-state index is -0.187. The van der Waals surface area contributed by atoms with Crippen LogP contribution in [0.2, 0.25) is 0 Å². The molecule has 0 fully saturated rings. The second-order valence-corrected chi connectivity index (χ2v) is 9.01. The van der Waals surface area contributed by atoms with E-state index in [9.17, 15) is 10.1 Å². The Balaban J connectivity index is 1.45. The molecule has 3 heterocycles. The first kappa shape index (κ1) is 23.3. The molecule has 0 atom stereocenters. The Hall–Kier alpha value is -3.84. The quantitative estimate of drug-likeness (QED) is 0.377. The zero-order valence-corrected chi connectivity index (χ0v) is 20.3. The third kappa shape index (κ3) is 4.61. The van der Waals surface area contributed by atoms with E-state index in [-0.39, 0.29) is 12.3 Å². The zero-order chi connectivity index (χ0) is 24.2. The molecular weight excluding hydrogens is 450 g/mol. The molecule has 9 nitrogen and oxygen atoms in total. The lowest BCUT2D eigenvalue weighted by Gasteiger charge is -2.12. The lowest BCUT2D eigenvalue weighted by Crippen LogP contribution is -2.17. The minimum Gasteiger partial charge on any atom is -0.467 e. The number of nitrogens with one attached hydrogen (secondary N) is 1. The van der Waals surface area contributed by atoms with Gasteiger partial charge in [-0.3, -0.25) is 4.79 Å². The molecule has 34 heavy (non-hydrogen) atoms. The molecular formula is C24H25N7O2S. The van der Waals surface area contributed by atoms with Gasteiger partial charge in [-0.1, -0.05) is 23.9 Å². The van der Waals surface area contributed by atoms with Crippen molar-refractivity contribution in [3.8, 4) is 11.8 Å². The van der Waals surface area contributed by atoms with Gasteiger partial charge in [0.25, 0.3) is 0 Å². The molecule has 10 heteroatoms. The van der Waals surface area contributed by atoms with Gasteiger partial charge in [0, 0.05) is 17.9 Å². The first-order chi connectivity index (χ1) is 16.4. The molecule has 0 spiro atoms. The lowest BCUT2D eigenvalue weighted by molar-refractivity contribution is -0.115. The smallest absolute Gasteiger partial charge is 0.226 e. The third-order valence-electron chi connectivity index (χ3n) is 5.90. The predicted octanol–water partition coefficient (Wildman–Crippen LogP) is 4.33. The van der Waals surface area contributed by atoms with Gasteiger partial charge in [0.05, 0.1) is 24.1 Å². The predicted molar refractivity (Wildman–Crippen MR) is 129 cm³/mol. The monoisotopic (exact) mass is 475 g/mol. The summed E-state index contributed by atoms with van der Waals surface area (Å²) in [4.78, 5) is 12.8. The summed E-state index contributed by atoms with van der Waals surface area (Å²) in [5, 5.41) is 25.3. The van der Waals surface area contributed by atoms with Crippen LogP contribution in [0, 0.1) is 39.0 Å². The molecule has 3 aromatic heterocycles. The maximum Gasteiger partial charge on any atom is 0.226 e. The van der Waals surface area contributed by atoms with E-state index in [1.165, 1.54) is 11.8 Å². The van der Waals surface area contributed by atoms with E-state index in [2.05, 4.69) is 26.9 Å². The molecule has 4 aromatic rings. The van der Waals surface area contributed by atoms with Crippen LogP contribution < -0.4 is 5.32 Å². The molecule has 0 unspecified atom stereocenters. The topological polar surface area (TPSA) is 115 Å². The average molecular weight is 476 g/mol. The highest BCUT2D eigenvalue weighted by Gasteiger charge is 2.20. The van der Waals surface area contributed by atoms with Crippen LogP contribution in [0.15, 0.2) is 46.2 Å². The van der Waals surface area contributed by atoms with Gasteiger partial charge in [-0.15, -0.1) is 5.10 Å². The largest absolute Gasteiger partial charge is 0.467 e. The van der Waals surface area contributed by atoms with Crippen LogP contribution in [0.1, 0.15) is 40.1 Å². The Labute approximate surface area is 201 Å². The number of aromatic nitrogens is 5. The molecule has 0 saturated heterocycles. The van der Waals surface area contributed by atoms with E-state index in [4.69, 9.17) is 4.42 Å². The zero-order valence-electron chi connectivity index (χ0n) is 19.5. The number of furan rings is 1. The second-order valence-electron chi connectivity index (χ2n) is 7.95. The highest BCUT2D eigenvalue weighted by Crippen LogP contribution is 2.28. The normalized spacial score (nSPS) is 10.9. The van der Waals surface area contributed by atoms with Gasteiger partial charge in [-0.05, 0) is 73.0 Å². The number of thioether (sulfide) groups is 1. The molecule has 0 bridgehead atoms. The number of hydrogen-bond donors (Lipinski definition) is 1. The van der Waals surface area contributed by atoms with Gasteiger partial charge in [0.15, 0.2) is 0 Å². The van der Waals surface area contributed by atoms with Gasteiger partial charge in [-0.25, -0.2) is 0 Å². The van der Waals surface area contributed by atoms with Crippen molar-refractivity contribution in [2.24, 2.45) is 0 Å². The Morgan fingerprint density at radius 3 is 2.74 bits per heavy atom. The Morgan fingerprint density at radius 2 is 2.00 bits per heavy atom. The average Bonchev–Trinajstić information content (AvgIpc) is 3.54. The standard InChI is InChI=1S/C24H25N7O2S/c1-15-7-5-9-21(16(15)2)31-24(27-28-29-31)34-12-10-22(32)26-23-20(13-25)17(3)18(4)30(23)14-19-8-6-11-33-19/h5-9,11H,10,12,14H2,1-4H3,(H,26,32). The fraction of sp³-hybridized carbons (Fsp3) is 0.292. The van der Waals surface area contributed by atoms with Crippen molar-refractivity contribution in [1.82, 2.24) is 24.8 Å². The van der Waals surface area contributed by atoms with Crippen molar-refractivity contribution in [3.63, 3.8) is 0 Å². The van der Waals surface area contributed by atoms with E-state index in [1.807, 2.05) is 62.6 Å². The summed E-state index contributed by atoms with van der Waals surface area (Å²) >= 11 is 1.41. The molecule has 0 aliphatic heterocycles. The van der Waals surface area contributed by atoms with Gasteiger partial charge >= 0.3 is 0 Å². The van der Waals surface area contributed by atoms with E-state index < -0.39 is 0 Å². The number of amides is 1. The van der Waals surface area contributed by atoms with Crippen LogP contribution in [0.5, 0.6) is 0 Å². The number of carbonyl (C=O) groups excluding carboxylic acids is 1. The summed E-state index contributed by atoms with van der Waals surface area (Å²) in [5.74, 6) is 1.53. The van der Waals surface area contributed by atoms with Gasteiger partial charge in [0.1, 0.15) is 17.6 Å². The number of nitrogens with zero attached hydrogens (tertiary/aromatic N) is 6. The Bertz CT molecular complexity index is 1360. The maximum absolute atomic E-state index is 12.8. The van der Waals surface area contributed by atoms with Gasteiger partial charge in [0.2, 0.25) is 11.1 Å². The summed E-state index contributed by atoms with van der Waals surface area (Å²) in [7, 11) is 0. The summed E-state index contributed by atoms with van der Waals surface area (Å²) in [6.07, 6.45) is 1.84. The van der Waals surface area contributed by atoms with Crippen molar-refractivity contribution in [1.29, 1.82) is 5.26 Å². The Kier molecular flexibility index (Phi) is 6.84. The number of tetrazole rings is 1. The van der Waals surface area contributed by atoms with E-state index in [0.717, 1.165) is 33.8 Å². The molecule has 0 radical (unpaired) electrons. The van der Waals surface area contributed by atoms with E-state index in [1.54, 1.807) is 10.9 Å². The second kappa shape index (κ2) is 9.97. The molecule has 0 saturated carbocycles. The van der Waals surface area contributed by atoms with Crippen LogP contribution in [-0.4, -0.2) is 36.4 Å². The number of nitriles is 1. The molecule has 0 aliphatic carbocycles. The van der Waals surface area contributed by atoms with E-state index >= 15 is 0 Å². The van der Waals surface area contributed by atoms with Crippen molar-refractivity contribution in [2.45, 2.75) is 45.8 Å². The van der Waals surface area contributed by atoms with Gasteiger partial charge in [-0.2, -0.15) is 9.94 Å². The maximum atomic E-state index is 12.8. The minimum absolute atomic E-state index is 0.187. The highest BCUT2D eigenvalue weighted by atomic mass is 32.2. The van der Waals surface area contributed by atoms with Crippen LogP contribution in [-0.2, 0) is 11.3 Å². The summed E-state index contributed by atoms with van der Waals surface area (Å²) in [6, 6.07) is 11.9. The number of hydrogen-bond acceptors (Lipinski definition) is 7. The fourth-order valence-corrected chi connectivity index (χ4v) is 4.52. The molecule has 1 aromatic carbocycles. The molecule has 1 amide bonds. The van der Waals surface area contributed by atoms with E-state index in [0.29, 0.717) is 28.8 Å². The number of carbonyl (C=O) groups is 1. The number of anilines is 1. The van der Waals surface area contributed by atoms with Crippen LogP contribution >= 0.6 is 11.8 Å². The van der Waals surface area contributed by atoms with Crippen molar-refractivity contribution < 1.29 is 9.21 Å². The Morgan fingerprint density at radius 1 is 1.18 bits per heavy atom. The van der Waals surface area contributed by atoms with Crippen molar-refractivity contribution in [3.05, 3.63) is 70.3 Å². The molecule has 174 valence electrons. The molecule has 4 rings (SSSR count). The van der Waals surface area contributed by atoms with Crippen molar-refractivity contribution in [2.75, 3.05) is 11.1 Å². The number of rotatable bonds is 8. The number of aryl methyl sites for hydroxylation is 1. The van der Waals surface area contributed by atoms with Crippen LogP contribution in [0.25, 0.3) is 5.69 Å². The molecule has 0 aliphatic rings. The third-order valence-corrected chi connectivity index (χ3v) is 6.82. The highest BCUT2D eigenvalue weighted by molar-refractivity contribution is 7.99. The number of benzene rings is 1. The van der Waals surface area contributed by atoms with Gasteiger partial charge < -0.3 is 14.3 Å².